The number of aryl methyl sites for hydroxylation is 2. The molecule has 0 fully saturated rings. The van der Waals surface area contributed by atoms with Crippen molar-refractivity contribution in [1.29, 1.82) is 0 Å². The molecule has 1 aliphatic rings. The van der Waals surface area contributed by atoms with Crippen LogP contribution in [-0.2, 0) is 12.8 Å². The van der Waals surface area contributed by atoms with Crippen LogP contribution in [0.2, 0.25) is 10.0 Å². The molecule has 122 valence electrons. The van der Waals surface area contributed by atoms with Crippen molar-refractivity contribution in [3.8, 4) is 0 Å². The first-order chi connectivity index (χ1) is 11.6. The van der Waals surface area contributed by atoms with Crippen molar-refractivity contribution in [1.82, 2.24) is 0 Å². The van der Waals surface area contributed by atoms with Gasteiger partial charge in [-0.2, -0.15) is 0 Å². The number of hydrogen-bond acceptors (Lipinski definition) is 3. The van der Waals surface area contributed by atoms with Crippen LogP contribution in [0.15, 0.2) is 34.7 Å². The summed E-state index contributed by atoms with van der Waals surface area (Å²) in [5, 5.41) is 1.63. The number of nitrogen functional groups attached to an aromatic ring is 1. The van der Waals surface area contributed by atoms with Gasteiger partial charge in [0.25, 0.3) is 0 Å². The van der Waals surface area contributed by atoms with Crippen LogP contribution in [0, 0.1) is 0 Å². The van der Waals surface area contributed by atoms with Gasteiger partial charge in [0, 0.05) is 16.0 Å². The van der Waals surface area contributed by atoms with E-state index in [1.54, 1.807) is 12.1 Å². The maximum Gasteiger partial charge on any atom is 0.231 e. The maximum atomic E-state index is 12.9. The lowest BCUT2D eigenvalue weighted by molar-refractivity contribution is 0.101. The quantitative estimate of drug-likeness (QED) is 0.620. The summed E-state index contributed by atoms with van der Waals surface area (Å²) in [6, 6.07) is 8.73. The fourth-order valence-electron chi connectivity index (χ4n) is 3.43. The van der Waals surface area contributed by atoms with E-state index in [1.165, 1.54) is 23.6 Å². The summed E-state index contributed by atoms with van der Waals surface area (Å²) in [4.78, 5) is 12.9. The van der Waals surface area contributed by atoms with Gasteiger partial charge in [-0.3, -0.25) is 4.79 Å². The molecule has 0 spiro atoms. The molecule has 3 nitrogen and oxygen atoms in total. The lowest BCUT2D eigenvalue weighted by Gasteiger charge is -2.16. The van der Waals surface area contributed by atoms with E-state index >= 15 is 0 Å². The molecule has 4 rings (SSSR count). The molecule has 3 aromatic rings. The Morgan fingerprint density at radius 3 is 2.71 bits per heavy atom. The van der Waals surface area contributed by atoms with Gasteiger partial charge in [0.05, 0.1) is 10.7 Å². The summed E-state index contributed by atoms with van der Waals surface area (Å²) in [6.07, 6.45) is 4.31. The van der Waals surface area contributed by atoms with Gasteiger partial charge in [-0.05, 0) is 61.1 Å². The Morgan fingerprint density at radius 2 is 1.88 bits per heavy atom. The van der Waals surface area contributed by atoms with Crippen molar-refractivity contribution in [2.75, 3.05) is 5.73 Å². The van der Waals surface area contributed by atoms with Crippen LogP contribution in [0.25, 0.3) is 11.0 Å². The molecule has 24 heavy (non-hydrogen) atoms. The molecule has 0 unspecified atom stereocenters. The molecule has 2 N–H and O–H groups in total. The van der Waals surface area contributed by atoms with Crippen LogP contribution in [0.1, 0.15) is 40.1 Å². The Kier molecular flexibility index (Phi) is 3.78. The number of fused-ring (bicyclic) bond motifs is 3. The molecule has 0 saturated heterocycles. The standard InChI is InChI=1S/C19H15Cl2NO2/c20-11-6-7-14(21)13(9-11)18(23)19-17(22)16-12-4-2-1-3-10(12)5-8-15(16)24-19/h5-9H,1-4,22H2. The molecule has 1 aliphatic carbocycles. The minimum atomic E-state index is -0.347. The number of benzene rings is 2. The van der Waals surface area contributed by atoms with E-state index in [4.69, 9.17) is 33.4 Å². The number of carbonyl (C=O) groups excluding carboxylic acids is 1. The summed E-state index contributed by atoms with van der Waals surface area (Å²) < 4.78 is 5.80. The normalized spacial score (nSPS) is 13.9. The van der Waals surface area contributed by atoms with Crippen molar-refractivity contribution < 1.29 is 9.21 Å². The van der Waals surface area contributed by atoms with Crippen molar-refractivity contribution in [2.45, 2.75) is 25.7 Å². The number of anilines is 1. The van der Waals surface area contributed by atoms with E-state index in [0.29, 0.717) is 26.9 Å². The average molecular weight is 360 g/mol. The van der Waals surface area contributed by atoms with Crippen LogP contribution < -0.4 is 5.73 Å². The van der Waals surface area contributed by atoms with Crippen LogP contribution in [0.3, 0.4) is 0 Å². The van der Waals surface area contributed by atoms with Gasteiger partial charge in [-0.25, -0.2) is 0 Å². The number of halogens is 2. The van der Waals surface area contributed by atoms with Gasteiger partial charge in [0.15, 0.2) is 5.76 Å². The second-order valence-corrected chi connectivity index (χ2v) is 6.93. The van der Waals surface area contributed by atoms with Crippen molar-refractivity contribution in [3.63, 3.8) is 0 Å². The average Bonchev–Trinajstić information content (AvgIpc) is 2.94. The highest BCUT2D eigenvalue weighted by molar-refractivity contribution is 6.37. The van der Waals surface area contributed by atoms with Gasteiger partial charge < -0.3 is 10.2 Å². The first-order valence-corrected chi connectivity index (χ1v) is 8.64. The molecule has 0 atom stereocenters. The van der Waals surface area contributed by atoms with E-state index < -0.39 is 0 Å². The van der Waals surface area contributed by atoms with E-state index in [1.807, 2.05) is 6.07 Å². The Bertz CT molecular complexity index is 975. The lowest BCUT2D eigenvalue weighted by Crippen LogP contribution is -2.05. The number of furan rings is 1. The fraction of sp³-hybridized carbons (Fsp3) is 0.211. The largest absolute Gasteiger partial charge is 0.450 e. The minimum absolute atomic E-state index is 0.133. The second kappa shape index (κ2) is 5.83. The number of carbonyl (C=O) groups is 1. The number of ketones is 1. The Morgan fingerprint density at radius 1 is 1.08 bits per heavy atom. The number of nitrogens with two attached hydrogens (primary N) is 1. The predicted molar refractivity (Wildman–Crippen MR) is 97.2 cm³/mol. The van der Waals surface area contributed by atoms with Crippen LogP contribution in [-0.4, -0.2) is 5.78 Å². The van der Waals surface area contributed by atoms with Crippen molar-refractivity contribution >= 4 is 45.6 Å². The molecule has 0 radical (unpaired) electrons. The zero-order chi connectivity index (χ0) is 16.8. The monoisotopic (exact) mass is 359 g/mol. The first-order valence-electron chi connectivity index (χ1n) is 7.88. The van der Waals surface area contributed by atoms with Crippen LogP contribution in [0.5, 0.6) is 0 Å². The molecule has 0 saturated carbocycles. The van der Waals surface area contributed by atoms with Crippen molar-refractivity contribution in [2.24, 2.45) is 0 Å². The summed E-state index contributed by atoms with van der Waals surface area (Å²) >= 11 is 12.1. The minimum Gasteiger partial charge on any atom is -0.450 e. The summed E-state index contributed by atoms with van der Waals surface area (Å²) in [5.41, 5.74) is 10.1. The Labute approximate surface area is 149 Å². The summed E-state index contributed by atoms with van der Waals surface area (Å²) in [5.74, 6) is -0.214. The summed E-state index contributed by atoms with van der Waals surface area (Å²) in [7, 11) is 0. The van der Waals surface area contributed by atoms with Crippen LogP contribution >= 0.6 is 23.2 Å². The van der Waals surface area contributed by atoms with Gasteiger partial charge in [-0.15, -0.1) is 0 Å². The first kappa shape index (κ1) is 15.6. The molecule has 1 aromatic heterocycles. The van der Waals surface area contributed by atoms with E-state index in [0.717, 1.165) is 24.6 Å². The highest BCUT2D eigenvalue weighted by atomic mass is 35.5. The highest BCUT2D eigenvalue weighted by Crippen LogP contribution is 2.38. The Balaban J connectivity index is 1.90. The zero-order valence-corrected chi connectivity index (χ0v) is 14.4. The SMILES string of the molecule is Nc1c(C(=O)c2cc(Cl)ccc2Cl)oc2ccc3c(c12)CCCC3. The maximum absolute atomic E-state index is 12.9. The number of rotatable bonds is 2. The van der Waals surface area contributed by atoms with Crippen molar-refractivity contribution in [3.05, 3.63) is 62.8 Å². The fourth-order valence-corrected chi connectivity index (χ4v) is 3.80. The molecule has 0 bridgehead atoms. The van der Waals surface area contributed by atoms with E-state index in [2.05, 4.69) is 6.07 Å². The van der Waals surface area contributed by atoms with E-state index in [9.17, 15) is 4.79 Å². The Hall–Kier alpha value is -1.97. The molecule has 5 heteroatoms. The zero-order valence-electron chi connectivity index (χ0n) is 12.9. The lowest BCUT2D eigenvalue weighted by atomic mass is 9.89. The number of hydrogen-bond donors (Lipinski definition) is 1. The van der Waals surface area contributed by atoms with E-state index in [-0.39, 0.29) is 11.5 Å². The second-order valence-electron chi connectivity index (χ2n) is 6.08. The third kappa shape index (κ3) is 2.40. The third-order valence-corrected chi connectivity index (χ3v) is 5.16. The molecule has 0 amide bonds. The molecule has 2 aromatic carbocycles. The molecular formula is C19H15Cl2NO2. The predicted octanol–water partition coefficient (Wildman–Crippen LogP) is 5.43. The molecule has 1 heterocycles. The third-order valence-electron chi connectivity index (χ3n) is 4.60. The van der Waals surface area contributed by atoms with Gasteiger partial charge >= 0.3 is 0 Å². The van der Waals surface area contributed by atoms with Crippen LogP contribution in [0.4, 0.5) is 5.69 Å². The topological polar surface area (TPSA) is 56.2 Å². The molecular weight excluding hydrogens is 345 g/mol. The smallest absolute Gasteiger partial charge is 0.231 e. The highest BCUT2D eigenvalue weighted by Gasteiger charge is 2.25. The summed E-state index contributed by atoms with van der Waals surface area (Å²) in [6.45, 7) is 0. The van der Waals surface area contributed by atoms with Gasteiger partial charge in [-0.1, -0.05) is 29.3 Å². The molecule has 0 aliphatic heterocycles. The van der Waals surface area contributed by atoms with Gasteiger partial charge in [0.1, 0.15) is 5.58 Å². The van der Waals surface area contributed by atoms with Gasteiger partial charge in [0.2, 0.25) is 5.78 Å².